The molecule has 1 aromatic carbocycles. The van der Waals surface area contributed by atoms with Crippen LogP contribution in [0.25, 0.3) is 0 Å². The third kappa shape index (κ3) is 3.34. The summed E-state index contributed by atoms with van der Waals surface area (Å²) < 4.78 is 5.49. The van der Waals surface area contributed by atoms with Crippen molar-refractivity contribution in [3.05, 3.63) is 39.8 Å². The van der Waals surface area contributed by atoms with Crippen LogP contribution in [0.4, 0.5) is 5.00 Å². The molecule has 1 aliphatic heterocycles. The number of anilines is 1. The van der Waals surface area contributed by atoms with E-state index in [2.05, 4.69) is 31.4 Å². The number of thiophene rings is 1. The highest BCUT2D eigenvalue weighted by atomic mass is 32.1. The highest BCUT2D eigenvalue weighted by molar-refractivity contribution is 7.16. The van der Waals surface area contributed by atoms with E-state index < -0.39 is 0 Å². The summed E-state index contributed by atoms with van der Waals surface area (Å²) in [5, 5.41) is 17.5. The maximum atomic E-state index is 12.9. The second-order valence-electron chi connectivity index (χ2n) is 8.72. The minimum Gasteiger partial charge on any atom is -0.504 e. The van der Waals surface area contributed by atoms with E-state index in [1.165, 1.54) is 10.4 Å². The third-order valence-corrected chi connectivity index (χ3v) is 7.07. The molecule has 0 bridgehead atoms. The van der Waals surface area contributed by atoms with Crippen LogP contribution >= 0.6 is 11.3 Å². The van der Waals surface area contributed by atoms with Crippen LogP contribution in [0.2, 0.25) is 0 Å². The number of phenols is 1. The van der Waals surface area contributed by atoms with Crippen molar-refractivity contribution < 1.29 is 14.6 Å². The van der Waals surface area contributed by atoms with Gasteiger partial charge in [0.25, 0.3) is 5.91 Å². The van der Waals surface area contributed by atoms with Crippen LogP contribution in [0.15, 0.2) is 18.2 Å². The van der Waals surface area contributed by atoms with Crippen LogP contribution in [0, 0.1) is 11.3 Å². The van der Waals surface area contributed by atoms with Gasteiger partial charge in [-0.3, -0.25) is 4.79 Å². The number of aromatic hydroxyl groups is 1. The first kappa shape index (κ1) is 19.1. The minimum absolute atomic E-state index is 0.0171. The Morgan fingerprint density at radius 1 is 1.29 bits per heavy atom. The van der Waals surface area contributed by atoms with E-state index in [0.29, 0.717) is 18.3 Å². The third-order valence-electron chi connectivity index (χ3n) is 5.88. The van der Waals surface area contributed by atoms with Gasteiger partial charge in [-0.1, -0.05) is 26.8 Å². The Labute approximate surface area is 170 Å². The van der Waals surface area contributed by atoms with Gasteiger partial charge in [0.15, 0.2) is 11.5 Å². The molecule has 28 heavy (non-hydrogen) atoms. The molecule has 3 N–H and O–H groups in total. The fraction of sp³-hybridized carbons (Fsp3) is 0.500. The first-order valence-corrected chi connectivity index (χ1v) is 10.8. The Morgan fingerprint density at radius 3 is 2.79 bits per heavy atom. The average Bonchev–Trinajstić information content (AvgIpc) is 3.01. The first-order valence-electron chi connectivity index (χ1n) is 9.95. The summed E-state index contributed by atoms with van der Waals surface area (Å²) >= 11 is 1.72. The number of hydrogen-bond donors (Lipinski definition) is 3. The highest BCUT2D eigenvalue weighted by Crippen LogP contribution is 2.46. The van der Waals surface area contributed by atoms with Crippen molar-refractivity contribution in [3.63, 3.8) is 0 Å². The molecule has 2 atom stereocenters. The Balaban J connectivity index is 1.63. The Hall–Kier alpha value is -2.21. The number of amides is 1. The van der Waals surface area contributed by atoms with Gasteiger partial charge in [-0.2, -0.15) is 0 Å². The van der Waals surface area contributed by atoms with E-state index in [1.807, 2.05) is 13.0 Å². The normalized spacial score (nSPS) is 21.4. The lowest BCUT2D eigenvalue weighted by molar-refractivity contribution is 0.0934. The number of carbonyl (C=O) groups excluding carboxylic acids is 1. The summed E-state index contributed by atoms with van der Waals surface area (Å²) in [5.41, 5.74) is 3.19. The predicted molar refractivity (Wildman–Crippen MR) is 112 cm³/mol. The van der Waals surface area contributed by atoms with Crippen LogP contribution in [0.5, 0.6) is 11.5 Å². The standard InChI is InChI=1S/C22H28N2O3S/c1-5-27-16-10-12(6-9-15(16)25)19-23-20(26)18-14-8-7-13(22(2,3)4)11-17(14)28-21(18)24-19/h6,9-10,13,19,24-25H,5,7-8,11H2,1-4H3,(H,23,26). The Morgan fingerprint density at radius 2 is 2.07 bits per heavy atom. The summed E-state index contributed by atoms with van der Waals surface area (Å²) in [6.07, 6.45) is 2.81. The van der Waals surface area contributed by atoms with E-state index in [4.69, 9.17) is 4.74 Å². The lowest BCUT2D eigenvalue weighted by Crippen LogP contribution is -2.38. The van der Waals surface area contributed by atoms with Crippen LogP contribution in [0.1, 0.15) is 66.6 Å². The number of benzene rings is 1. The second-order valence-corrected chi connectivity index (χ2v) is 9.83. The molecule has 0 spiro atoms. The van der Waals surface area contributed by atoms with E-state index in [9.17, 15) is 9.90 Å². The van der Waals surface area contributed by atoms with Crippen molar-refractivity contribution in [3.8, 4) is 11.5 Å². The zero-order valence-electron chi connectivity index (χ0n) is 16.9. The van der Waals surface area contributed by atoms with E-state index in [0.717, 1.165) is 35.4 Å². The fourth-order valence-corrected chi connectivity index (χ4v) is 5.54. The first-order chi connectivity index (χ1) is 13.3. The minimum atomic E-state index is -0.335. The van der Waals surface area contributed by atoms with Gasteiger partial charge in [-0.25, -0.2) is 0 Å². The van der Waals surface area contributed by atoms with Gasteiger partial charge in [0.1, 0.15) is 11.2 Å². The number of phenolic OH excluding ortho intramolecular Hbond substituents is 1. The fourth-order valence-electron chi connectivity index (χ4n) is 4.19. The van der Waals surface area contributed by atoms with Gasteiger partial charge in [-0.15, -0.1) is 11.3 Å². The zero-order chi connectivity index (χ0) is 20.1. The summed E-state index contributed by atoms with van der Waals surface area (Å²) in [5.74, 6) is 1.16. The van der Waals surface area contributed by atoms with E-state index in [-0.39, 0.29) is 23.2 Å². The van der Waals surface area contributed by atoms with Gasteiger partial charge in [0.05, 0.1) is 12.2 Å². The molecular formula is C22H28N2O3S. The number of nitrogens with one attached hydrogen (secondary N) is 2. The van der Waals surface area contributed by atoms with Crippen molar-refractivity contribution in [1.29, 1.82) is 0 Å². The summed E-state index contributed by atoms with van der Waals surface area (Å²) in [6.45, 7) is 9.26. The topological polar surface area (TPSA) is 70.6 Å². The number of fused-ring (bicyclic) bond motifs is 3. The van der Waals surface area contributed by atoms with E-state index >= 15 is 0 Å². The molecule has 6 heteroatoms. The Kier molecular flexibility index (Phi) is 4.78. The Bertz CT molecular complexity index is 913. The van der Waals surface area contributed by atoms with Crippen molar-refractivity contribution >= 4 is 22.2 Å². The van der Waals surface area contributed by atoms with Crippen molar-refractivity contribution in [2.75, 3.05) is 11.9 Å². The lowest BCUT2D eigenvalue weighted by atomic mass is 9.72. The smallest absolute Gasteiger partial charge is 0.256 e. The summed E-state index contributed by atoms with van der Waals surface area (Å²) in [6, 6.07) is 5.20. The molecular weight excluding hydrogens is 372 g/mol. The van der Waals surface area contributed by atoms with Gasteiger partial charge in [0.2, 0.25) is 0 Å². The van der Waals surface area contributed by atoms with Gasteiger partial charge >= 0.3 is 0 Å². The molecule has 4 rings (SSSR count). The molecule has 0 radical (unpaired) electrons. The van der Waals surface area contributed by atoms with Crippen molar-refractivity contribution in [2.24, 2.45) is 11.3 Å². The van der Waals surface area contributed by atoms with Crippen molar-refractivity contribution in [2.45, 2.75) is 53.1 Å². The second kappa shape index (κ2) is 6.99. The molecule has 0 saturated heterocycles. The molecule has 2 aliphatic rings. The molecule has 0 saturated carbocycles. The van der Waals surface area contributed by atoms with Gasteiger partial charge < -0.3 is 20.5 Å². The number of ether oxygens (including phenoxy) is 1. The van der Waals surface area contributed by atoms with E-state index in [1.54, 1.807) is 23.5 Å². The van der Waals surface area contributed by atoms with Gasteiger partial charge in [-0.05, 0) is 60.8 Å². The molecule has 1 aliphatic carbocycles. The molecule has 2 aromatic rings. The zero-order valence-corrected chi connectivity index (χ0v) is 17.7. The summed E-state index contributed by atoms with van der Waals surface area (Å²) in [7, 11) is 0. The average molecular weight is 401 g/mol. The van der Waals surface area contributed by atoms with Crippen molar-refractivity contribution in [1.82, 2.24) is 5.32 Å². The molecule has 150 valence electrons. The lowest BCUT2D eigenvalue weighted by Gasteiger charge is -2.34. The number of carbonyl (C=O) groups is 1. The number of hydrogen-bond acceptors (Lipinski definition) is 5. The SMILES string of the molecule is CCOc1cc(C2NC(=O)c3c(sc4c3CCC(C(C)(C)C)C4)N2)ccc1O. The highest BCUT2D eigenvalue weighted by Gasteiger charge is 2.36. The monoisotopic (exact) mass is 400 g/mol. The molecule has 5 nitrogen and oxygen atoms in total. The molecule has 1 aromatic heterocycles. The van der Waals surface area contributed by atoms with Gasteiger partial charge in [0, 0.05) is 4.88 Å². The summed E-state index contributed by atoms with van der Waals surface area (Å²) in [4.78, 5) is 14.3. The van der Waals surface area contributed by atoms with Crippen LogP contribution < -0.4 is 15.4 Å². The molecule has 2 unspecified atom stereocenters. The largest absolute Gasteiger partial charge is 0.504 e. The molecule has 0 fully saturated rings. The van der Waals surface area contributed by atoms with Crippen LogP contribution in [0.3, 0.4) is 0 Å². The maximum Gasteiger partial charge on any atom is 0.256 e. The number of rotatable bonds is 3. The molecule has 1 amide bonds. The van der Waals surface area contributed by atoms with Crippen LogP contribution in [-0.2, 0) is 12.8 Å². The quantitative estimate of drug-likeness (QED) is 0.688. The van der Waals surface area contributed by atoms with Crippen LogP contribution in [-0.4, -0.2) is 17.6 Å². The predicted octanol–water partition coefficient (Wildman–Crippen LogP) is 4.86. The maximum absolute atomic E-state index is 12.9. The molecule has 2 heterocycles.